The van der Waals surface area contributed by atoms with Crippen molar-refractivity contribution < 1.29 is 0 Å². The SMILES string of the molecule is Clc1ccc(-n2c3cc(=Nc4ccccc4)c(Nc4ccccc4)cc-3nc3ccccc32)cc1. The van der Waals surface area contributed by atoms with E-state index in [0.29, 0.717) is 5.02 Å². The maximum Gasteiger partial charge on any atom is 0.0900 e. The van der Waals surface area contributed by atoms with Crippen LogP contribution < -0.4 is 10.7 Å². The molecule has 1 aliphatic carbocycles. The van der Waals surface area contributed by atoms with Gasteiger partial charge in [0, 0.05) is 16.4 Å². The number of aromatic nitrogens is 2. The van der Waals surface area contributed by atoms with Crippen molar-refractivity contribution in [3.63, 3.8) is 0 Å². The van der Waals surface area contributed by atoms with Crippen LogP contribution in [0, 0.1) is 0 Å². The van der Waals surface area contributed by atoms with Crippen LogP contribution in [0.5, 0.6) is 0 Å². The molecule has 1 aliphatic heterocycles. The lowest BCUT2D eigenvalue weighted by Crippen LogP contribution is -2.14. The molecule has 0 unspecified atom stereocenters. The lowest BCUT2D eigenvalue weighted by atomic mass is 10.1. The molecule has 4 aromatic carbocycles. The third-order valence-electron chi connectivity index (χ3n) is 5.84. The zero-order chi connectivity index (χ0) is 23.6. The second kappa shape index (κ2) is 9.09. The first kappa shape index (κ1) is 21.1. The Morgan fingerprint density at radius 3 is 2.17 bits per heavy atom. The molecule has 4 nitrogen and oxygen atoms in total. The van der Waals surface area contributed by atoms with Crippen molar-refractivity contribution in [2.75, 3.05) is 5.32 Å². The Morgan fingerprint density at radius 2 is 1.40 bits per heavy atom. The van der Waals surface area contributed by atoms with Gasteiger partial charge in [0.1, 0.15) is 0 Å². The van der Waals surface area contributed by atoms with Gasteiger partial charge in [0.25, 0.3) is 0 Å². The number of nitrogens with zero attached hydrogens (tertiary/aromatic N) is 3. The van der Waals surface area contributed by atoms with Crippen molar-refractivity contribution >= 4 is 39.7 Å². The van der Waals surface area contributed by atoms with Crippen molar-refractivity contribution in [2.24, 2.45) is 4.99 Å². The van der Waals surface area contributed by atoms with E-state index < -0.39 is 0 Å². The summed E-state index contributed by atoms with van der Waals surface area (Å²) in [6.07, 6.45) is 0. The fourth-order valence-electron chi connectivity index (χ4n) is 4.22. The smallest absolute Gasteiger partial charge is 0.0900 e. The summed E-state index contributed by atoms with van der Waals surface area (Å²) in [5.41, 5.74) is 7.51. The van der Waals surface area contributed by atoms with Gasteiger partial charge in [-0.15, -0.1) is 0 Å². The topological polar surface area (TPSA) is 42.2 Å². The molecule has 0 fully saturated rings. The van der Waals surface area contributed by atoms with Crippen LogP contribution in [-0.4, -0.2) is 9.55 Å². The first-order valence-corrected chi connectivity index (χ1v) is 11.8. The van der Waals surface area contributed by atoms with E-state index in [4.69, 9.17) is 21.6 Å². The van der Waals surface area contributed by atoms with Crippen LogP contribution in [0.1, 0.15) is 0 Å². The first-order chi connectivity index (χ1) is 17.2. The van der Waals surface area contributed by atoms with Crippen LogP contribution in [0.25, 0.3) is 28.1 Å². The Balaban J connectivity index is 1.67. The second-order valence-electron chi connectivity index (χ2n) is 8.21. The fourth-order valence-corrected chi connectivity index (χ4v) is 4.35. The number of benzene rings is 5. The summed E-state index contributed by atoms with van der Waals surface area (Å²) in [6, 6.07) is 40.3. The van der Waals surface area contributed by atoms with Gasteiger partial charge in [-0.2, -0.15) is 0 Å². The number of para-hydroxylation sites is 4. The summed E-state index contributed by atoms with van der Waals surface area (Å²) in [5, 5.41) is 5.07. The van der Waals surface area contributed by atoms with E-state index in [1.165, 1.54) is 0 Å². The molecule has 2 aliphatic rings. The number of nitrogens with one attached hydrogen (secondary N) is 1. The van der Waals surface area contributed by atoms with Crippen LogP contribution in [0.3, 0.4) is 0 Å². The molecular weight excluding hydrogens is 452 g/mol. The van der Waals surface area contributed by atoms with Crippen molar-refractivity contribution in [1.29, 1.82) is 0 Å². The summed E-state index contributed by atoms with van der Waals surface area (Å²) < 4.78 is 2.21. The predicted molar refractivity (Wildman–Crippen MR) is 144 cm³/mol. The van der Waals surface area contributed by atoms with Crippen LogP contribution in [0.15, 0.2) is 126 Å². The van der Waals surface area contributed by atoms with Gasteiger partial charge in [-0.25, -0.2) is 9.98 Å². The highest BCUT2D eigenvalue weighted by atomic mass is 35.5. The van der Waals surface area contributed by atoms with Crippen molar-refractivity contribution in [3.05, 3.63) is 132 Å². The second-order valence-corrected chi connectivity index (χ2v) is 8.65. The van der Waals surface area contributed by atoms with Gasteiger partial charge >= 0.3 is 0 Å². The Kier molecular flexibility index (Phi) is 5.49. The van der Waals surface area contributed by atoms with E-state index in [1.54, 1.807) is 0 Å². The monoisotopic (exact) mass is 472 g/mol. The maximum absolute atomic E-state index is 6.20. The number of rotatable bonds is 4. The molecule has 35 heavy (non-hydrogen) atoms. The Hall–Kier alpha value is -4.41. The van der Waals surface area contributed by atoms with E-state index in [1.807, 2.05) is 103 Å². The quantitative estimate of drug-likeness (QED) is 0.266. The molecule has 0 atom stereocenters. The van der Waals surface area contributed by atoms with Gasteiger partial charge in [0.15, 0.2) is 0 Å². The number of anilines is 2. The standard InChI is InChI=1S/C30H21ClN4/c31-21-15-17-24(18-16-21)35-29-14-8-7-13-25(29)34-28-19-26(32-22-9-3-1-4-10-22)27(20-30(28)35)33-23-11-5-2-6-12-23/h1-20,32H. The third-order valence-corrected chi connectivity index (χ3v) is 6.09. The van der Waals surface area contributed by atoms with Gasteiger partial charge in [-0.1, -0.05) is 60.1 Å². The highest BCUT2D eigenvalue weighted by Crippen LogP contribution is 2.31. The normalized spacial score (nSPS) is 11.7. The number of fused-ring (bicyclic) bond motifs is 2. The molecule has 0 saturated carbocycles. The van der Waals surface area contributed by atoms with Gasteiger partial charge in [-0.3, -0.25) is 0 Å². The van der Waals surface area contributed by atoms with Gasteiger partial charge in [0.05, 0.1) is 39.2 Å². The van der Waals surface area contributed by atoms with E-state index >= 15 is 0 Å². The molecule has 5 heteroatoms. The molecule has 0 radical (unpaired) electrons. The van der Waals surface area contributed by atoms with Crippen molar-refractivity contribution in [1.82, 2.24) is 9.55 Å². The first-order valence-electron chi connectivity index (χ1n) is 11.4. The molecular formula is C30H21ClN4. The van der Waals surface area contributed by atoms with Crippen molar-refractivity contribution in [2.45, 2.75) is 0 Å². The van der Waals surface area contributed by atoms with Gasteiger partial charge < -0.3 is 9.88 Å². The summed E-state index contributed by atoms with van der Waals surface area (Å²) >= 11 is 6.20. The molecule has 168 valence electrons. The molecule has 0 saturated heterocycles. The molecule has 0 bridgehead atoms. The average Bonchev–Trinajstić information content (AvgIpc) is 2.90. The number of halogens is 1. The highest BCUT2D eigenvalue weighted by Gasteiger charge is 2.16. The predicted octanol–water partition coefficient (Wildman–Crippen LogP) is 7.76. The van der Waals surface area contributed by atoms with Crippen LogP contribution in [0.2, 0.25) is 5.02 Å². The highest BCUT2D eigenvalue weighted by molar-refractivity contribution is 6.30. The minimum Gasteiger partial charge on any atom is -0.354 e. The lowest BCUT2D eigenvalue weighted by molar-refractivity contribution is 1.07. The maximum atomic E-state index is 6.20. The van der Waals surface area contributed by atoms with Crippen LogP contribution in [0.4, 0.5) is 17.1 Å². The lowest BCUT2D eigenvalue weighted by Gasteiger charge is -2.20. The van der Waals surface area contributed by atoms with Gasteiger partial charge in [0.2, 0.25) is 0 Å². The molecule has 0 amide bonds. The molecule has 1 N–H and O–H groups in total. The van der Waals surface area contributed by atoms with E-state index in [0.717, 1.165) is 50.5 Å². The summed E-state index contributed by atoms with van der Waals surface area (Å²) in [6.45, 7) is 0. The Morgan fingerprint density at radius 1 is 0.714 bits per heavy atom. The minimum atomic E-state index is 0.700. The zero-order valence-electron chi connectivity index (χ0n) is 18.8. The minimum absolute atomic E-state index is 0.700. The summed E-state index contributed by atoms with van der Waals surface area (Å²) in [4.78, 5) is 9.99. The Bertz CT molecular complexity index is 1660. The average molecular weight is 473 g/mol. The Labute approximate surface area is 208 Å². The molecule has 0 spiro atoms. The molecule has 6 rings (SSSR count). The van der Waals surface area contributed by atoms with E-state index in [2.05, 4.69) is 28.1 Å². The molecule has 0 aromatic heterocycles. The number of hydrogen-bond acceptors (Lipinski definition) is 3. The molecule has 1 heterocycles. The summed E-state index contributed by atoms with van der Waals surface area (Å²) in [5.74, 6) is 0. The third kappa shape index (κ3) is 4.27. The zero-order valence-corrected chi connectivity index (χ0v) is 19.5. The van der Waals surface area contributed by atoms with E-state index in [9.17, 15) is 0 Å². The number of hydrogen-bond donors (Lipinski definition) is 1. The molecule has 4 aromatic rings. The van der Waals surface area contributed by atoms with E-state index in [-0.39, 0.29) is 0 Å². The van der Waals surface area contributed by atoms with Crippen LogP contribution >= 0.6 is 11.6 Å². The largest absolute Gasteiger partial charge is 0.354 e. The summed E-state index contributed by atoms with van der Waals surface area (Å²) in [7, 11) is 0. The van der Waals surface area contributed by atoms with Crippen LogP contribution in [-0.2, 0) is 0 Å². The fraction of sp³-hybridized carbons (Fsp3) is 0. The van der Waals surface area contributed by atoms with Gasteiger partial charge in [-0.05, 0) is 72.8 Å². The van der Waals surface area contributed by atoms with Crippen molar-refractivity contribution in [3.8, 4) is 17.1 Å².